The van der Waals surface area contributed by atoms with E-state index in [1.807, 2.05) is 6.07 Å². The molecule has 0 radical (unpaired) electrons. The van der Waals surface area contributed by atoms with E-state index in [0.29, 0.717) is 16.3 Å². The Kier molecular flexibility index (Phi) is 3.83. The standard InChI is InChI=1S/C10H10ClNO2.ClH/c1-14-10-7(5-13)9-6(2-3-12-9)4-8(10)11;/h4-5,12H,2-3H2,1H3;1H. The molecule has 0 aromatic heterocycles. The number of hydrogen-bond acceptors (Lipinski definition) is 3. The molecule has 1 N–H and O–H groups in total. The molecule has 1 aliphatic rings. The molecule has 1 aromatic rings. The third kappa shape index (κ3) is 1.90. The van der Waals surface area contributed by atoms with Crippen LogP contribution in [0.3, 0.4) is 0 Å². The van der Waals surface area contributed by atoms with E-state index in [1.54, 1.807) is 0 Å². The molecule has 2 rings (SSSR count). The average molecular weight is 248 g/mol. The number of methoxy groups -OCH3 is 1. The largest absolute Gasteiger partial charge is 0.494 e. The van der Waals surface area contributed by atoms with Gasteiger partial charge in [0.05, 0.1) is 23.4 Å². The number of carbonyl (C=O) groups is 1. The fourth-order valence-corrected chi connectivity index (χ4v) is 2.06. The van der Waals surface area contributed by atoms with Gasteiger partial charge in [-0.2, -0.15) is 0 Å². The van der Waals surface area contributed by atoms with E-state index in [0.717, 1.165) is 30.5 Å². The van der Waals surface area contributed by atoms with Crippen molar-refractivity contribution < 1.29 is 9.53 Å². The molecule has 0 fully saturated rings. The highest BCUT2D eigenvalue weighted by Gasteiger charge is 2.20. The van der Waals surface area contributed by atoms with Crippen molar-refractivity contribution in [3.8, 4) is 5.75 Å². The van der Waals surface area contributed by atoms with Crippen LogP contribution in [0.5, 0.6) is 5.75 Å². The fourth-order valence-electron chi connectivity index (χ4n) is 1.75. The summed E-state index contributed by atoms with van der Waals surface area (Å²) >= 11 is 5.98. The maximum absolute atomic E-state index is 10.9. The molecule has 0 bridgehead atoms. The van der Waals surface area contributed by atoms with Crippen LogP contribution in [-0.2, 0) is 6.42 Å². The molecule has 3 nitrogen and oxygen atoms in total. The van der Waals surface area contributed by atoms with Crippen LogP contribution in [0.4, 0.5) is 5.69 Å². The van der Waals surface area contributed by atoms with Gasteiger partial charge in [-0.1, -0.05) is 11.6 Å². The zero-order valence-corrected chi connectivity index (χ0v) is 9.74. The molecule has 15 heavy (non-hydrogen) atoms. The molecule has 0 aliphatic carbocycles. The van der Waals surface area contributed by atoms with Crippen LogP contribution < -0.4 is 10.1 Å². The first-order valence-electron chi connectivity index (χ1n) is 4.36. The summed E-state index contributed by atoms with van der Waals surface area (Å²) in [5, 5.41) is 3.65. The number of halogens is 2. The zero-order valence-electron chi connectivity index (χ0n) is 8.17. The molecule has 0 amide bonds. The maximum atomic E-state index is 10.9. The normalized spacial score (nSPS) is 12.4. The van der Waals surface area contributed by atoms with Gasteiger partial charge in [0.15, 0.2) is 6.29 Å². The Morgan fingerprint density at radius 3 is 2.93 bits per heavy atom. The number of rotatable bonds is 2. The van der Waals surface area contributed by atoms with Gasteiger partial charge in [0.1, 0.15) is 5.75 Å². The van der Waals surface area contributed by atoms with Crippen molar-refractivity contribution in [2.75, 3.05) is 19.0 Å². The number of benzene rings is 1. The van der Waals surface area contributed by atoms with Gasteiger partial charge >= 0.3 is 0 Å². The first kappa shape index (κ1) is 12.1. The minimum absolute atomic E-state index is 0. The van der Waals surface area contributed by atoms with Crippen LogP contribution in [0.15, 0.2) is 6.07 Å². The Morgan fingerprint density at radius 2 is 2.33 bits per heavy atom. The number of fused-ring (bicyclic) bond motifs is 1. The van der Waals surface area contributed by atoms with Gasteiger partial charge in [-0.15, -0.1) is 12.4 Å². The quantitative estimate of drug-likeness (QED) is 0.817. The van der Waals surface area contributed by atoms with Gasteiger partial charge < -0.3 is 10.1 Å². The molecule has 82 valence electrons. The van der Waals surface area contributed by atoms with E-state index in [4.69, 9.17) is 16.3 Å². The summed E-state index contributed by atoms with van der Waals surface area (Å²) in [5.74, 6) is 0.454. The fraction of sp³-hybridized carbons (Fsp3) is 0.300. The molecule has 1 aliphatic heterocycles. The molecular formula is C10H11Cl2NO2. The number of hydrogen-bond donors (Lipinski definition) is 1. The van der Waals surface area contributed by atoms with E-state index < -0.39 is 0 Å². The molecule has 0 atom stereocenters. The molecule has 1 aromatic carbocycles. The minimum atomic E-state index is 0. The van der Waals surface area contributed by atoms with E-state index in [1.165, 1.54) is 7.11 Å². The van der Waals surface area contributed by atoms with Gasteiger partial charge in [0.2, 0.25) is 0 Å². The number of aldehydes is 1. The monoisotopic (exact) mass is 247 g/mol. The predicted octanol–water partition coefficient (Wildman–Crippen LogP) is 2.55. The lowest BCUT2D eigenvalue weighted by molar-refractivity contribution is 0.112. The van der Waals surface area contributed by atoms with Crippen molar-refractivity contribution >= 4 is 36.0 Å². The summed E-state index contributed by atoms with van der Waals surface area (Å²) in [4.78, 5) is 10.9. The van der Waals surface area contributed by atoms with Crippen LogP contribution in [0.1, 0.15) is 15.9 Å². The lowest BCUT2D eigenvalue weighted by Crippen LogP contribution is -1.98. The first-order valence-corrected chi connectivity index (χ1v) is 4.74. The van der Waals surface area contributed by atoms with Crippen molar-refractivity contribution in [3.63, 3.8) is 0 Å². The molecule has 0 unspecified atom stereocenters. The van der Waals surface area contributed by atoms with Crippen LogP contribution in [0.2, 0.25) is 5.02 Å². The van der Waals surface area contributed by atoms with Crippen molar-refractivity contribution in [1.29, 1.82) is 0 Å². The minimum Gasteiger partial charge on any atom is -0.494 e. The van der Waals surface area contributed by atoms with E-state index in [9.17, 15) is 4.79 Å². The third-order valence-electron chi connectivity index (χ3n) is 2.37. The second-order valence-electron chi connectivity index (χ2n) is 3.13. The molecule has 0 spiro atoms. The van der Waals surface area contributed by atoms with Crippen molar-refractivity contribution in [1.82, 2.24) is 0 Å². The van der Waals surface area contributed by atoms with Crippen LogP contribution in [-0.4, -0.2) is 19.9 Å². The Hall–Kier alpha value is -0.930. The second kappa shape index (κ2) is 4.73. The van der Waals surface area contributed by atoms with Crippen LogP contribution in [0, 0.1) is 0 Å². The van der Waals surface area contributed by atoms with Gasteiger partial charge in [0.25, 0.3) is 0 Å². The third-order valence-corrected chi connectivity index (χ3v) is 2.65. The Balaban J connectivity index is 0.00000112. The Morgan fingerprint density at radius 1 is 1.60 bits per heavy atom. The SMILES string of the molecule is COc1c(Cl)cc2c(c1C=O)NCC2.Cl. The summed E-state index contributed by atoms with van der Waals surface area (Å²) < 4.78 is 5.09. The van der Waals surface area contributed by atoms with Gasteiger partial charge in [0, 0.05) is 6.54 Å². The summed E-state index contributed by atoms with van der Waals surface area (Å²) in [6.07, 6.45) is 1.68. The molecule has 5 heteroatoms. The van der Waals surface area contributed by atoms with E-state index in [-0.39, 0.29) is 12.4 Å². The highest BCUT2D eigenvalue weighted by molar-refractivity contribution is 6.33. The maximum Gasteiger partial charge on any atom is 0.155 e. The molecule has 1 heterocycles. The predicted molar refractivity (Wildman–Crippen MR) is 62.8 cm³/mol. The molecular weight excluding hydrogens is 237 g/mol. The second-order valence-corrected chi connectivity index (χ2v) is 3.54. The molecule has 0 saturated carbocycles. The highest BCUT2D eigenvalue weighted by Crippen LogP contribution is 2.38. The van der Waals surface area contributed by atoms with Crippen molar-refractivity contribution in [2.24, 2.45) is 0 Å². The van der Waals surface area contributed by atoms with Gasteiger partial charge in [-0.3, -0.25) is 4.79 Å². The van der Waals surface area contributed by atoms with Crippen molar-refractivity contribution in [2.45, 2.75) is 6.42 Å². The lowest BCUT2D eigenvalue weighted by atomic mass is 10.1. The van der Waals surface area contributed by atoms with Gasteiger partial charge in [-0.05, 0) is 18.1 Å². The number of carbonyl (C=O) groups excluding carboxylic acids is 1. The first-order chi connectivity index (χ1) is 6.77. The summed E-state index contributed by atoms with van der Waals surface area (Å²) in [5.41, 5.74) is 2.46. The molecule has 0 saturated heterocycles. The average Bonchev–Trinajstić information content (AvgIpc) is 2.62. The Bertz CT molecular complexity index is 390. The van der Waals surface area contributed by atoms with Crippen LogP contribution >= 0.6 is 24.0 Å². The topological polar surface area (TPSA) is 38.3 Å². The van der Waals surface area contributed by atoms with Crippen molar-refractivity contribution in [3.05, 3.63) is 22.2 Å². The van der Waals surface area contributed by atoms with Crippen LogP contribution in [0.25, 0.3) is 0 Å². The zero-order chi connectivity index (χ0) is 10.1. The number of ether oxygens (including phenoxy) is 1. The highest BCUT2D eigenvalue weighted by atomic mass is 35.5. The van der Waals surface area contributed by atoms with E-state index in [2.05, 4.69) is 5.32 Å². The smallest absolute Gasteiger partial charge is 0.155 e. The summed E-state index contributed by atoms with van der Waals surface area (Å²) in [6.45, 7) is 0.847. The summed E-state index contributed by atoms with van der Waals surface area (Å²) in [6, 6.07) is 1.85. The van der Waals surface area contributed by atoms with Gasteiger partial charge in [-0.25, -0.2) is 0 Å². The number of nitrogens with one attached hydrogen (secondary N) is 1. The number of anilines is 1. The van der Waals surface area contributed by atoms with E-state index >= 15 is 0 Å². The lowest BCUT2D eigenvalue weighted by Gasteiger charge is -2.10. The Labute approximate surface area is 99.2 Å². The summed E-state index contributed by atoms with van der Waals surface area (Å²) in [7, 11) is 1.51.